The van der Waals surface area contributed by atoms with Gasteiger partial charge in [0.15, 0.2) is 9.84 Å². The van der Waals surface area contributed by atoms with Gasteiger partial charge >= 0.3 is 6.09 Å². The van der Waals surface area contributed by atoms with Crippen LogP contribution in [-0.4, -0.2) is 36.1 Å². The molecule has 37 heavy (non-hydrogen) atoms. The van der Waals surface area contributed by atoms with Crippen LogP contribution in [0.1, 0.15) is 38.5 Å². The molecule has 7 rings (SSSR count). The van der Waals surface area contributed by atoms with Gasteiger partial charge in [-0.1, -0.05) is 24.3 Å². The zero-order valence-electron chi connectivity index (χ0n) is 20.4. The van der Waals surface area contributed by atoms with E-state index in [-0.39, 0.29) is 10.5 Å². The minimum atomic E-state index is -3.40. The molecule has 0 aliphatic heterocycles. The zero-order chi connectivity index (χ0) is 25.9. The number of rotatable bonds is 4. The summed E-state index contributed by atoms with van der Waals surface area (Å²) in [6.07, 6.45) is 7.78. The zero-order valence-corrected chi connectivity index (χ0v) is 21.2. The van der Waals surface area contributed by atoms with Crippen LogP contribution in [0.25, 0.3) is 22.3 Å². The number of hydrogen-bond acceptors (Lipinski definition) is 6. The van der Waals surface area contributed by atoms with Gasteiger partial charge in [-0.05, 0) is 91.7 Å². The van der Waals surface area contributed by atoms with Crippen molar-refractivity contribution in [3.8, 4) is 22.3 Å². The first kappa shape index (κ1) is 24.0. The standard InChI is InChI=1S/C28H27FN2O5S/c1-37(34,35)23-8-4-20(5-9-23)24-16-30-31(26(32)25(24)21-2-6-22(29)7-3-21)27(33)36-28-13-17-10-18(14-28)12-19(11-17)15-28/h2-9,16-19H,10-15H2,1H3. The van der Waals surface area contributed by atoms with E-state index in [1.165, 1.54) is 61.9 Å². The topological polar surface area (TPSA) is 95.3 Å². The lowest BCUT2D eigenvalue weighted by molar-refractivity contribution is -0.127. The predicted molar refractivity (Wildman–Crippen MR) is 135 cm³/mol. The van der Waals surface area contributed by atoms with Crippen LogP contribution in [0.15, 0.2) is 64.4 Å². The van der Waals surface area contributed by atoms with Crippen LogP contribution < -0.4 is 5.56 Å². The van der Waals surface area contributed by atoms with Crippen molar-refractivity contribution in [2.45, 2.75) is 49.0 Å². The summed E-state index contributed by atoms with van der Waals surface area (Å²) in [5, 5.41) is 4.16. The molecular formula is C28H27FN2O5S. The summed E-state index contributed by atoms with van der Waals surface area (Å²) in [6, 6.07) is 11.5. The van der Waals surface area contributed by atoms with Crippen LogP contribution in [0.2, 0.25) is 0 Å². The number of carbonyl (C=O) groups excluding carboxylic acids is 1. The summed E-state index contributed by atoms with van der Waals surface area (Å²) in [4.78, 5) is 27.2. The van der Waals surface area contributed by atoms with Gasteiger partial charge in [-0.3, -0.25) is 4.79 Å². The number of nitrogens with zero attached hydrogens (tertiary/aromatic N) is 2. The van der Waals surface area contributed by atoms with Crippen LogP contribution in [-0.2, 0) is 14.6 Å². The Labute approximate surface area is 214 Å². The van der Waals surface area contributed by atoms with E-state index in [2.05, 4.69) is 5.10 Å². The fraction of sp³-hybridized carbons (Fsp3) is 0.393. The molecule has 4 bridgehead atoms. The first-order valence-corrected chi connectivity index (χ1v) is 14.4. The van der Waals surface area contributed by atoms with E-state index in [9.17, 15) is 22.4 Å². The Balaban J connectivity index is 1.40. The van der Waals surface area contributed by atoms with Crippen LogP contribution in [0.3, 0.4) is 0 Å². The van der Waals surface area contributed by atoms with Gasteiger partial charge in [0.05, 0.1) is 16.7 Å². The van der Waals surface area contributed by atoms with Crippen molar-refractivity contribution in [1.29, 1.82) is 0 Å². The molecule has 4 saturated carbocycles. The monoisotopic (exact) mass is 522 g/mol. The highest BCUT2D eigenvalue weighted by molar-refractivity contribution is 7.90. The number of sulfone groups is 1. The third kappa shape index (κ3) is 4.39. The van der Waals surface area contributed by atoms with E-state index < -0.39 is 32.9 Å². The van der Waals surface area contributed by atoms with Crippen LogP contribution >= 0.6 is 0 Å². The fourth-order valence-corrected chi connectivity index (χ4v) is 7.59. The van der Waals surface area contributed by atoms with Crippen molar-refractivity contribution in [3.63, 3.8) is 0 Å². The van der Waals surface area contributed by atoms with E-state index in [4.69, 9.17) is 4.74 Å². The van der Waals surface area contributed by atoms with Gasteiger partial charge in [0.2, 0.25) is 0 Å². The Morgan fingerprint density at radius 3 is 2.03 bits per heavy atom. The molecule has 192 valence electrons. The SMILES string of the molecule is CS(=O)(=O)c1ccc(-c2cnn(C(=O)OC34CC5CC(CC(C5)C3)C4)c(=O)c2-c2ccc(F)cc2)cc1. The predicted octanol–water partition coefficient (Wildman–Crippen LogP) is 5.07. The van der Waals surface area contributed by atoms with Crippen molar-refractivity contribution in [2.75, 3.05) is 6.26 Å². The third-order valence-electron chi connectivity index (χ3n) is 8.16. The average molecular weight is 523 g/mol. The maximum atomic E-state index is 13.7. The largest absolute Gasteiger partial charge is 0.441 e. The molecule has 4 aliphatic carbocycles. The Hall–Kier alpha value is -3.33. The van der Waals surface area contributed by atoms with Crippen LogP contribution in [0.5, 0.6) is 0 Å². The van der Waals surface area contributed by atoms with Gasteiger partial charge < -0.3 is 4.74 Å². The van der Waals surface area contributed by atoms with Crippen molar-refractivity contribution in [1.82, 2.24) is 9.78 Å². The highest BCUT2D eigenvalue weighted by Crippen LogP contribution is 2.57. The second-order valence-electron chi connectivity index (χ2n) is 10.9. The molecule has 4 fully saturated rings. The summed E-state index contributed by atoms with van der Waals surface area (Å²) in [5.74, 6) is 1.24. The number of hydrogen-bond donors (Lipinski definition) is 0. The third-order valence-corrected chi connectivity index (χ3v) is 9.29. The van der Waals surface area contributed by atoms with Crippen molar-refractivity contribution < 1.29 is 22.3 Å². The van der Waals surface area contributed by atoms with Crippen molar-refractivity contribution >= 4 is 15.9 Å². The molecule has 0 unspecified atom stereocenters. The van der Waals surface area contributed by atoms with Gasteiger partial charge in [0, 0.05) is 11.8 Å². The molecule has 0 atom stereocenters. The minimum Gasteiger partial charge on any atom is -0.441 e. The number of ether oxygens (including phenoxy) is 1. The van der Waals surface area contributed by atoms with Crippen LogP contribution in [0, 0.1) is 23.6 Å². The molecule has 9 heteroatoms. The maximum absolute atomic E-state index is 13.7. The van der Waals surface area contributed by atoms with Crippen molar-refractivity contribution in [3.05, 3.63) is 70.9 Å². The van der Waals surface area contributed by atoms with Gasteiger partial charge in [-0.25, -0.2) is 17.6 Å². The fourth-order valence-electron chi connectivity index (χ4n) is 6.96. The highest BCUT2D eigenvalue weighted by atomic mass is 32.2. The minimum absolute atomic E-state index is 0.139. The van der Waals surface area contributed by atoms with E-state index in [0.29, 0.717) is 34.4 Å². The van der Waals surface area contributed by atoms with Gasteiger partial charge in [0.1, 0.15) is 11.4 Å². The van der Waals surface area contributed by atoms with E-state index in [0.717, 1.165) is 30.2 Å². The molecule has 1 aromatic heterocycles. The number of aromatic nitrogens is 2. The Morgan fingerprint density at radius 2 is 1.49 bits per heavy atom. The van der Waals surface area contributed by atoms with Crippen molar-refractivity contribution in [2.24, 2.45) is 17.8 Å². The lowest BCUT2D eigenvalue weighted by Crippen LogP contribution is -2.53. The number of benzene rings is 2. The first-order chi connectivity index (χ1) is 17.6. The lowest BCUT2D eigenvalue weighted by atomic mass is 9.54. The maximum Gasteiger partial charge on any atom is 0.438 e. The molecule has 2 aromatic carbocycles. The summed E-state index contributed by atoms with van der Waals surface area (Å²) in [7, 11) is -3.40. The van der Waals surface area contributed by atoms with E-state index in [1.54, 1.807) is 12.1 Å². The van der Waals surface area contributed by atoms with Crippen LogP contribution in [0.4, 0.5) is 9.18 Å². The molecule has 0 amide bonds. The molecule has 0 N–H and O–H groups in total. The Bertz CT molecular complexity index is 1510. The molecule has 7 nitrogen and oxygen atoms in total. The number of carbonyl (C=O) groups is 1. The molecule has 0 saturated heterocycles. The first-order valence-electron chi connectivity index (χ1n) is 12.5. The highest BCUT2D eigenvalue weighted by Gasteiger charge is 2.53. The Kier molecular flexibility index (Phi) is 5.60. The summed E-state index contributed by atoms with van der Waals surface area (Å²) in [6.45, 7) is 0. The Morgan fingerprint density at radius 1 is 0.946 bits per heavy atom. The summed E-state index contributed by atoms with van der Waals surface area (Å²) >= 11 is 0. The number of halogens is 1. The second-order valence-corrected chi connectivity index (χ2v) is 12.9. The van der Waals surface area contributed by atoms with Gasteiger partial charge in [0.25, 0.3) is 5.56 Å². The quantitative estimate of drug-likeness (QED) is 0.475. The normalized spacial score (nSPS) is 26.3. The van der Waals surface area contributed by atoms with E-state index in [1.807, 2.05) is 0 Å². The smallest absolute Gasteiger partial charge is 0.438 e. The summed E-state index contributed by atoms with van der Waals surface area (Å²) in [5.41, 5.74) is 0.291. The molecular weight excluding hydrogens is 495 g/mol. The molecule has 0 spiro atoms. The summed E-state index contributed by atoms with van der Waals surface area (Å²) < 4.78 is 44.3. The van der Waals surface area contributed by atoms with E-state index >= 15 is 0 Å². The molecule has 1 heterocycles. The van der Waals surface area contributed by atoms with Gasteiger partial charge in [-0.2, -0.15) is 5.10 Å². The molecule has 0 radical (unpaired) electrons. The average Bonchev–Trinajstić information content (AvgIpc) is 2.83. The lowest BCUT2D eigenvalue weighted by Gasteiger charge is -2.55. The second kappa shape index (κ2) is 8.62. The van der Waals surface area contributed by atoms with Gasteiger partial charge in [-0.15, -0.1) is 4.68 Å². The molecule has 3 aromatic rings. The molecule has 4 aliphatic rings.